The van der Waals surface area contributed by atoms with Crippen LogP contribution in [0.25, 0.3) is 0 Å². The fourth-order valence-electron chi connectivity index (χ4n) is 3.20. The van der Waals surface area contributed by atoms with E-state index in [-0.39, 0.29) is 0 Å². The maximum atomic E-state index is 10.8. The summed E-state index contributed by atoms with van der Waals surface area (Å²) in [4.78, 5) is 10.8. The molecular formula is C22H42O. The SMILES string of the molecule is C=C(CCCCCCCCCCCCCCC(C)=O)CC(C)C. The van der Waals surface area contributed by atoms with Gasteiger partial charge in [-0.3, -0.25) is 0 Å². The number of rotatable bonds is 17. The van der Waals surface area contributed by atoms with Crippen LogP contribution < -0.4 is 0 Å². The van der Waals surface area contributed by atoms with Crippen LogP contribution in [0, 0.1) is 5.92 Å². The molecular weight excluding hydrogens is 280 g/mol. The standard InChI is InChI=1S/C22H42O/c1-20(2)19-21(3)17-15-13-11-9-7-5-6-8-10-12-14-16-18-22(4)23/h20H,3,5-19H2,1-2,4H3. The van der Waals surface area contributed by atoms with Gasteiger partial charge in [-0.2, -0.15) is 0 Å². The largest absolute Gasteiger partial charge is 0.300 e. The molecule has 0 bridgehead atoms. The maximum Gasteiger partial charge on any atom is 0.129 e. The molecule has 0 unspecified atom stereocenters. The normalized spacial score (nSPS) is 11.1. The van der Waals surface area contributed by atoms with E-state index < -0.39 is 0 Å². The minimum absolute atomic E-state index is 0.342. The van der Waals surface area contributed by atoms with Crippen LogP contribution in [0.3, 0.4) is 0 Å². The van der Waals surface area contributed by atoms with Crippen LogP contribution in [0.1, 0.15) is 117 Å². The Balaban J connectivity index is 3.11. The molecule has 0 heterocycles. The van der Waals surface area contributed by atoms with E-state index in [1.165, 1.54) is 89.0 Å². The van der Waals surface area contributed by atoms with Crippen molar-refractivity contribution in [2.24, 2.45) is 5.92 Å². The number of Topliss-reactive ketones (excluding diaryl/α,β-unsaturated/α-hetero) is 1. The molecule has 0 aliphatic heterocycles. The number of allylic oxidation sites excluding steroid dienone is 1. The van der Waals surface area contributed by atoms with Crippen molar-refractivity contribution in [3.63, 3.8) is 0 Å². The van der Waals surface area contributed by atoms with Gasteiger partial charge in [0.25, 0.3) is 0 Å². The molecule has 0 aromatic carbocycles. The van der Waals surface area contributed by atoms with Crippen molar-refractivity contribution >= 4 is 5.78 Å². The molecule has 0 saturated heterocycles. The summed E-state index contributed by atoms with van der Waals surface area (Å²) in [6.45, 7) is 10.4. The summed E-state index contributed by atoms with van der Waals surface area (Å²) in [6, 6.07) is 0. The first kappa shape index (κ1) is 22.4. The lowest BCUT2D eigenvalue weighted by atomic mass is 9.98. The maximum absolute atomic E-state index is 10.8. The van der Waals surface area contributed by atoms with E-state index in [0.29, 0.717) is 5.78 Å². The Morgan fingerprint density at radius 2 is 1.04 bits per heavy atom. The van der Waals surface area contributed by atoms with E-state index >= 15 is 0 Å². The zero-order valence-corrected chi connectivity index (χ0v) is 16.3. The van der Waals surface area contributed by atoms with Gasteiger partial charge in [-0.25, -0.2) is 0 Å². The van der Waals surface area contributed by atoms with Crippen molar-refractivity contribution in [1.29, 1.82) is 0 Å². The number of unbranched alkanes of at least 4 members (excludes halogenated alkanes) is 11. The Morgan fingerprint density at radius 1 is 0.696 bits per heavy atom. The second kappa shape index (κ2) is 16.3. The molecule has 0 spiro atoms. The highest BCUT2D eigenvalue weighted by Crippen LogP contribution is 2.17. The van der Waals surface area contributed by atoms with Gasteiger partial charge in [0.15, 0.2) is 0 Å². The minimum atomic E-state index is 0.342. The molecule has 0 rings (SSSR count). The van der Waals surface area contributed by atoms with Crippen molar-refractivity contribution < 1.29 is 4.79 Å². The van der Waals surface area contributed by atoms with Gasteiger partial charge in [-0.1, -0.05) is 90.2 Å². The fourth-order valence-corrected chi connectivity index (χ4v) is 3.20. The summed E-state index contributed by atoms with van der Waals surface area (Å²) in [5, 5.41) is 0. The smallest absolute Gasteiger partial charge is 0.129 e. The quantitative estimate of drug-likeness (QED) is 0.198. The van der Waals surface area contributed by atoms with E-state index in [1.54, 1.807) is 6.92 Å². The van der Waals surface area contributed by atoms with Gasteiger partial charge in [0, 0.05) is 6.42 Å². The van der Waals surface area contributed by atoms with Crippen LogP contribution in [-0.2, 0) is 4.79 Å². The molecule has 0 radical (unpaired) electrons. The van der Waals surface area contributed by atoms with Gasteiger partial charge in [-0.15, -0.1) is 0 Å². The summed E-state index contributed by atoms with van der Waals surface area (Å²) in [5.74, 6) is 1.10. The predicted molar refractivity (Wildman–Crippen MR) is 104 cm³/mol. The van der Waals surface area contributed by atoms with Crippen LogP contribution in [0.2, 0.25) is 0 Å². The number of ketones is 1. The monoisotopic (exact) mass is 322 g/mol. The molecule has 0 aromatic heterocycles. The zero-order chi connectivity index (χ0) is 17.3. The van der Waals surface area contributed by atoms with E-state index in [2.05, 4.69) is 20.4 Å². The summed E-state index contributed by atoms with van der Waals surface area (Å²) >= 11 is 0. The third-order valence-electron chi connectivity index (χ3n) is 4.51. The topological polar surface area (TPSA) is 17.1 Å². The Labute approximate surface area is 146 Å². The molecule has 0 aromatic rings. The molecule has 1 nitrogen and oxygen atoms in total. The second-order valence-corrected chi connectivity index (χ2v) is 7.79. The van der Waals surface area contributed by atoms with E-state index in [1.807, 2.05) is 0 Å². The number of carbonyl (C=O) groups excluding carboxylic acids is 1. The van der Waals surface area contributed by atoms with Crippen LogP contribution in [0.5, 0.6) is 0 Å². The molecule has 0 aliphatic rings. The van der Waals surface area contributed by atoms with Crippen LogP contribution in [0.15, 0.2) is 12.2 Å². The van der Waals surface area contributed by atoms with Gasteiger partial charge in [0.05, 0.1) is 0 Å². The predicted octanol–water partition coefficient (Wildman–Crippen LogP) is 7.64. The number of hydrogen-bond acceptors (Lipinski definition) is 1. The third-order valence-corrected chi connectivity index (χ3v) is 4.51. The van der Waals surface area contributed by atoms with Crippen molar-refractivity contribution in [2.75, 3.05) is 0 Å². The summed E-state index contributed by atoms with van der Waals surface area (Å²) < 4.78 is 0. The van der Waals surface area contributed by atoms with E-state index in [9.17, 15) is 4.79 Å². The molecule has 1 heteroatoms. The Morgan fingerprint density at radius 3 is 1.39 bits per heavy atom. The lowest BCUT2D eigenvalue weighted by Gasteiger charge is -2.08. The highest BCUT2D eigenvalue weighted by molar-refractivity contribution is 5.75. The van der Waals surface area contributed by atoms with Crippen LogP contribution in [-0.4, -0.2) is 5.78 Å². The van der Waals surface area contributed by atoms with E-state index in [4.69, 9.17) is 0 Å². The third kappa shape index (κ3) is 19.4. The number of hydrogen-bond donors (Lipinski definition) is 0. The van der Waals surface area contributed by atoms with Crippen molar-refractivity contribution in [3.8, 4) is 0 Å². The molecule has 0 aliphatic carbocycles. The lowest BCUT2D eigenvalue weighted by Crippen LogP contribution is -1.91. The van der Waals surface area contributed by atoms with Crippen LogP contribution in [0.4, 0.5) is 0 Å². The van der Waals surface area contributed by atoms with Crippen molar-refractivity contribution in [1.82, 2.24) is 0 Å². The molecule has 0 amide bonds. The van der Waals surface area contributed by atoms with E-state index in [0.717, 1.165) is 18.8 Å². The number of carbonyl (C=O) groups is 1. The fraction of sp³-hybridized carbons (Fsp3) is 0.864. The molecule has 0 atom stereocenters. The first-order valence-corrected chi connectivity index (χ1v) is 10.2. The highest BCUT2D eigenvalue weighted by atomic mass is 16.1. The Kier molecular flexibility index (Phi) is 15.9. The Bertz CT molecular complexity index is 290. The average molecular weight is 323 g/mol. The lowest BCUT2D eigenvalue weighted by molar-refractivity contribution is -0.117. The van der Waals surface area contributed by atoms with Gasteiger partial charge in [-0.05, 0) is 38.5 Å². The van der Waals surface area contributed by atoms with Crippen molar-refractivity contribution in [3.05, 3.63) is 12.2 Å². The van der Waals surface area contributed by atoms with Gasteiger partial charge in [0.1, 0.15) is 5.78 Å². The van der Waals surface area contributed by atoms with Gasteiger partial charge < -0.3 is 4.79 Å². The van der Waals surface area contributed by atoms with Gasteiger partial charge >= 0.3 is 0 Å². The molecule has 0 fully saturated rings. The molecule has 0 saturated carbocycles. The summed E-state index contributed by atoms with van der Waals surface area (Å²) in [5.41, 5.74) is 1.45. The molecule has 0 N–H and O–H groups in total. The average Bonchev–Trinajstić information content (AvgIpc) is 2.46. The first-order valence-electron chi connectivity index (χ1n) is 10.2. The molecule has 23 heavy (non-hydrogen) atoms. The van der Waals surface area contributed by atoms with Gasteiger partial charge in [0.2, 0.25) is 0 Å². The Hall–Kier alpha value is -0.590. The minimum Gasteiger partial charge on any atom is -0.300 e. The first-order chi connectivity index (χ1) is 11.0. The van der Waals surface area contributed by atoms with Crippen molar-refractivity contribution in [2.45, 2.75) is 117 Å². The summed E-state index contributed by atoms with van der Waals surface area (Å²) in [7, 11) is 0. The molecule has 136 valence electrons. The zero-order valence-electron chi connectivity index (χ0n) is 16.3. The highest BCUT2D eigenvalue weighted by Gasteiger charge is 1.99. The van der Waals surface area contributed by atoms with Crippen LogP contribution >= 0.6 is 0 Å². The summed E-state index contributed by atoms with van der Waals surface area (Å²) in [6.07, 6.45) is 19.4. The second-order valence-electron chi connectivity index (χ2n) is 7.79.